The van der Waals surface area contributed by atoms with E-state index >= 15 is 0 Å². The van der Waals surface area contributed by atoms with Gasteiger partial charge in [0.25, 0.3) is 0 Å². The molecule has 1 heterocycles. The molecule has 0 aromatic heterocycles. The molecule has 1 aliphatic heterocycles. The van der Waals surface area contributed by atoms with Crippen LogP contribution in [-0.4, -0.2) is 25.3 Å². The lowest BCUT2D eigenvalue weighted by Crippen LogP contribution is -2.44. The smallest absolute Gasteiger partial charge is 0.207 e. The van der Waals surface area contributed by atoms with Crippen LogP contribution in [0.15, 0.2) is 29.2 Å². The number of piperidine rings is 1. The van der Waals surface area contributed by atoms with E-state index in [-0.39, 0.29) is 6.04 Å². The van der Waals surface area contributed by atoms with Crippen molar-refractivity contribution in [1.29, 1.82) is 0 Å². The fraction of sp³-hybridized carbons (Fsp3) is 0.571. The second-order valence-corrected chi connectivity index (χ2v) is 7.82. The summed E-state index contributed by atoms with van der Waals surface area (Å²) < 4.78 is 26.9. The normalized spacial score (nSPS) is 25.4. The maximum atomic E-state index is 12.6. The van der Waals surface area contributed by atoms with Crippen LogP contribution in [0.3, 0.4) is 0 Å². The summed E-state index contributed by atoms with van der Waals surface area (Å²) in [5.41, 5.74) is 1.08. The molecular formula is C14H20BrNO2S. The third-order valence-electron chi connectivity index (χ3n) is 3.76. The lowest BCUT2D eigenvalue weighted by Gasteiger charge is -2.35. The van der Waals surface area contributed by atoms with E-state index < -0.39 is 10.0 Å². The van der Waals surface area contributed by atoms with Gasteiger partial charge in [-0.05, 0) is 43.4 Å². The molecule has 0 N–H and O–H groups in total. The Morgan fingerprint density at radius 3 is 2.42 bits per heavy atom. The highest BCUT2D eigenvalue weighted by Gasteiger charge is 2.32. The van der Waals surface area contributed by atoms with Crippen molar-refractivity contribution in [3.05, 3.63) is 29.8 Å². The number of nitrogens with zero attached hydrogens (tertiary/aromatic N) is 1. The molecule has 1 aliphatic rings. The standard InChI is InChI=1S/C14H20BrNO2S/c1-11-7-8-16(12(2)9-11)19(17,18)14-5-3-13(10-15)4-6-14/h3-6,11-12H,7-10H2,1-2H3. The van der Waals surface area contributed by atoms with Crippen molar-refractivity contribution in [2.24, 2.45) is 5.92 Å². The van der Waals surface area contributed by atoms with Crippen molar-refractivity contribution in [3.8, 4) is 0 Å². The molecular weight excluding hydrogens is 326 g/mol. The lowest BCUT2D eigenvalue weighted by molar-refractivity contribution is 0.220. The Morgan fingerprint density at radius 2 is 1.89 bits per heavy atom. The van der Waals surface area contributed by atoms with Crippen LogP contribution in [0.2, 0.25) is 0 Å². The first-order chi connectivity index (χ1) is 8.95. The zero-order valence-corrected chi connectivity index (χ0v) is 13.7. The Kier molecular flexibility index (Phi) is 4.69. The third-order valence-corrected chi connectivity index (χ3v) is 6.44. The molecule has 1 aromatic carbocycles. The van der Waals surface area contributed by atoms with Crippen LogP contribution in [0.4, 0.5) is 0 Å². The monoisotopic (exact) mass is 345 g/mol. The molecule has 0 radical (unpaired) electrons. The minimum absolute atomic E-state index is 0.0876. The fourth-order valence-corrected chi connectivity index (χ4v) is 4.66. The van der Waals surface area contributed by atoms with Crippen LogP contribution in [0.1, 0.15) is 32.3 Å². The molecule has 0 spiro atoms. The first-order valence-electron chi connectivity index (χ1n) is 6.62. The average Bonchev–Trinajstić information content (AvgIpc) is 2.38. The molecule has 2 rings (SSSR count). The predicted molar refractivity (Wildman–Crippen MR) is 80.8 cm³/mol. The molecule has 0 saturated carbocycles. The zero-order valence-electron chi connectivity index (χ0n) is 11.3. The van der Waals surface area contributed by atoms with Crippen LogP contribution in [0.5, 0.6) is 0 Å². The molecule has 1 fully saturated rings. The van der Waals surface area contributed by atoms with Crippen molar-refractivity contribution in [2.75, 3.05) is 6.54 Å². The first kappa shape index (κ1) is 15.0. The first-order valence-corrected chi connectivity index (χ1v) is 9.18. The average molecular weight is 346 g/mol. The second kappa shape index (κ2) is 5.94. The highest BCUT2D eigenvalue weighted by molar-refractivity contribution is 9.08. The summed E-state index contributed by atoms with van der Waals surface area (Å²) in [7, 11) is -3.34. The quantitative estimate of drug-likeness (QED) is 0.787. The van der Waals surface area contributed by atoms with Crippen LogP contribution in [0, 0.1) is 5.92 Å². The van der Waals surface area contributed by atoms with E-state index in [1.54, 1.807) is 16.4 Å². The molecule has 106 valence electrons. The number of halogens is 1. The van der Waals surface area contributed by atoms with E-state index in [1.807, 2.05) is 19.1 Å². The van der Waals surface area contributed by atoms with E-state index in [9.17, 15) is 8.42 Å². The summed E-state index contributed by atoms with van der Waals surface area (Å²) in [6.07, 6.45) is 1.89. The van der Waals surface area contributed by atoms with Crippen molar-refractivity contribution < 1.29 is 8.42 Å². The Hall–Kier alpha value is -0.390. The van der Waals surface area contributed by atoms with Crippen molar-refractivity contribution in [1.82, 2.24) is 4.31 Å². The number of sulfonamides is 1. The van der Waals surface area contributed by atoms with Crippen molar-refractivity contribution in [2.45, 2.75) is 43.0 Å². The lowest BCUT2D eigenvalue weighted by atomic mass is 9.95. The Balaban J connectivity index is 2.26. The third kappa shape index (κ3) is 3.20. The number of alkyl halides is 1. The van der Waals surface area contributed by atoms with Gasteiger partial charge in [0.2, 0.25) is 10.0 Å². The molecule has 19 heavy (non-hydrogen) atoms. The van der Waals surface area contributed by atoms with E-state index in [1.165, 1.54) is 0 Å². The minimum atomic E-state index is -3.34. The van der Waals surface area contributed by atoms with Gasteiger partial charge in [-0.25, -0.2) is 8.42 Å². The number of rotatable bonds is 3. The van der Waals surface area contributed by atoms with E-state index in [0.29, 0.717) is 17.4 Å². The maximum absolute atomic E-state index is 12.6. The van der Waals surface area contributed by atoms with Gasteiger partial charge in [0.15, 0.2) is 0 Å². The van der Waals surface area contributed by atoms with Crippen LogP contribution >= 0.6 is 15.9 Å². The molecule has 2 atom stereocenters. The summed E-state index contributed by atoms with van der Waals surface area (Å²) in [6, 6.07) is 7.22. The largest absolute Gasteiger partial charge is 0.243 e. The van der Waals surface area contributed by atoms with Gasteiger partial charge in [-0.1, -0.05) is 35.0 Å². The zero-order chi connectivity index (χ0) is 14.0. The SMILES string of the molecule is CC1CCN(S(=O)(=O)c2ccc(CBr)cc2)C(C)C1. The fourth-order valence-electron chi connectivity index (χ4n) is 2.63. The highest BCUT2D eigenvalue weighted by Crippen LogP contribution is 2.28. The van der Waals surface area contributed by atoms with Crippen LogP contribution in [0.25, 0.3) is 0 Å². The number of hydrogen-bond acceptors (Lipinski definition) is 2. The van der Waals surface area contributed by atoms with Gasteiger partial charge < -0.3 is 0 Å². The van der Waals surface area contributed by atoms with Gasteiger partial charge in [0, 0.05) is 17.9 Å². The molecule has 0 bridgehead atoms. The topological polar surface area (TPSA) is 37.4 Å². The summed E-state index contributed by atoms with van der Waals surface area (Å²) >= 11 is 3.37. The van der Waals surface area contributed by atoms with E-state index in [0.717, 1.165) is 23.7 Å². The summed E-state index contributed by atoms with van der Waals surface area (Å²) in [6.45, 7) is 4.82. The van der Waals surface area contributed by atoms with Crippen LogP contribution < -0.4 is 0 Å². The van der Waals surface area contributed by atoms with Gasteiger partial charge in [-0.2, -0.15) is 4.31 Å². The van der Waals surface area contributed by atoms with Gasteiger partial charge >= 0.3 is 0 Å². The summed E-state index contributed by atoms with van der Waals surface area (Å²) in [4.78, 5) is 0.401. The maximum Gasteiger partial charge on any atom is 0.243 e. The Bertz CT molecular complexity index is 527. The van der Waals surface area contributed by atoms with Gasteiger partial charge in [-0.15, -0.1) is 0 Å². The number of benzene rings is 1. The van der Waals surface area contributed by atoms with Gasteiger partial charge in [0.05, 0.1) is 4.90 Å². The van der Waals surface area contributed by atoms with Gasteiger partial charge in [0.1, 0.15) is 0 Å². The van der Waals surface area contributed by atoms with Gasteiger partial charge in [-0.3, -0.25) is 0 Å². The second-order valence-electron chi connectivity index (χ2n) is 5.37. The van der Waals surface area contributed by atoms with Crippen molar-refractivity contribution >= 4 is 26.0 Å². The highest BCUT2D eigenvalue weighted by atomic mass is 79.9. The summed E-state index contributed by atoms with van der Waals surface area (Å²) in [5.74, 6) is 0.609. The summed E-state index contributed by atoms with van der Waals surface area (Å²) in [5, 5.41) is 0.741. The Labute approximate surface area is 124 Å². The van der Waals surface area contributed by atoms with E-state index in [4.69, 9.17) is 0 Å². The molecule has 0 aliphatic carbocycles. The van der Waals surface area contributed by atoms with Crippen LogP contribution in [-0.2, 0) is 15.4 Å². The predicted octanol–water partition coefficient (Wildman–Crippen LogP) is 3.39. The molecule has 0 amide bonds. The molecule has 2 unspecified atom stereocenters. The Morgan fingerprint density at radius 1 is 1.26 bits per heavy atom. The van der Waals surface area contributed by atoms with Crippen molar-refractivity contribution in [3.63, 3.8) is 0 Å². The molecule has 1 aromatic rings. The molecule has 3 nitrogen and oxygen atoms in total. The van der Waals surface area contributed by atoms with E-state index in [2.05, 4.69) is 22.9 Å². The minimum Gasteiger partial charge on any atom is -0.207 e. The molecule has 1 saturated heterocycles. The molecule has 5 heteroatoms. The number of hydrogen-bond donors (Lipinski definition) is 0.